The molecular weight excluding hydrogens is 491 g/mol. The van der Waals surface area contributed by atoms with Crippen LogP contribution in [0.5, 0.6) is 5.75 Å². The predicted molar refractivity (Wildman–Crippen MR) is 115 cm³/mol. The number of sulfonamides is 1. The van der Waals surface area contributed by atoms with Crippen LogP contribution >= 0.6 is 22.6 Å². The van der Waals surface area contributed by atoms with Gasteiger partial charge in [-0.25, -0.2) is 18.4 Å². The Bertz CT molecular complexity index is 1220. The average Bonchev–Trinajstić information content (AvgIpc) is 3.12. The summed E-state index contributed by atoms with van der Waals surface area (Å²) in [5, 5.41) is 0. The van der Waals surface area contributed by atoms with E-state index in [4.69, 9.17) is 4.74 Å². The van der Waals surface area contributed by atoms with E-state index in [1.807, 2.05) is 24.5 Å². The molecule has 2 aromatic heterocycles. The van der Waals surface area contributed by atoms with E-state index in [0.29, 0.717) is 22.9 Å². The van der Waals surface area contributed by atoms with E-state index in [0.717, 1.165) is 9.13 Å². The zero-order valence-electron chi connectivity index (χ0n) is 14.7. The third kappa shape index (κ3) is 3.67. The first kappa shape index (κ1) is 18.7. The van der Waals surface area contributed by atoms with Crippen LogP contribution in [0.3, 0.4) is 0 Å². The van der Waals surface area contributed by atoms with E-state index in [-0.39, 0.29) is 4.90 Å². The van der Waals surface area contributed by atoms with E-state index >= 15 is 0 Å². The number of anilines is 1. The summed E-state index contributed by atoms with van der Waals surface area (Å²) in [6, 6.07) is 13.7. The van der Waals surface area contributed by atoms with Crippen LogP contribution in [0.2, 0.25) is 0 Å². The Morgan fingerprint density at radius 1 is 1.14 bits per heavy atom. The minimum atomic E-state index is -3.76. The van der Waals surface area contributed by atoms with E-state index < -0.39 is 10.0 Å². The van der Waals surface area contributed by atoms with Gasteiger partial charge in [-0.3, -0.25) is 9.12 Å². The fourth-order valence-electron chi connectivity index (χ4n) is 2.73. The van der Waals surface area contributed by atoms with Gasteiger partial charge >= 0.3 is 0 Å². The summed E-state index contributed by atoms with van der Waals surface area (Å²) in [5.41, 5.74) is 1.76. The first-order valence-corrected chi connectivity index (χ1v) is 10.8. The Morgan fingerprint density at radius 2 is 1.93 bits per heavy atom. The van der Waals surface area contributed by atoms with Crippen LogP contribution in [0.1, 0.15) is 0 Å². The average molecular weight is 506 g/mol. The molecule has 7 nitrogen and oxygen atoms in total. The molecule has 0 aliphatic carbocycles. The summed E-state index contributed by atoms with van der Waals surface area (Å²) in [7, 11) is -2.26. The van der Waals surface area contributed by atoms with E-state index in [1.54, 1.807) is 47.0 Å². The number of nitrogens with zero attached hydrogens (tertiary/aromatic N) is 3. The number of fused-ring (bicyclic) bond motifs is 1. The van der Waals surface area contributed by atoms with Crippen LogP contribution in [0.15, 0.2) is 72.0 Å². The quantitative estimate of drug-likeness (QED) is 0.417. The Morgan fingerprint density at radius 3 is 2.64 bits per heavy atom. The van der Waals surface area contributed by atoms with E-state index in [2.05, 4.69) is 37.3 Å². The Labute approximate surface area is 175 Å². The summed E-state index contributed by atoms with van der Waals surface area (Å²) >= 11 is 2.13. The minimum Gasteiger partial charge on any atom is -0.495 e. The van der Waals surface area contributed by atoms with Gasteiger partial charge < -0.3 is 4.74 Å². The minimum absolute atomic E-state index is 0.178. The number of nitrogens with one attached hydrogen (secondary N) is 1. The zero-order chi connectivity index (χ0) is 19.7. The molecule has 9 heteroatoms. The second-order valence-corrected chi connectivity index (χ2v) is 8.86. The summed E-state index contributed by atoms with van der Waals surface area (Å²) in [4.78, 5) is 8.86. The molecule has 0 saturated heterocycles. The summed E-state index contributed by atoms with van der Waals surface area (Å²) in [6.07, 6.45) is 5.35. The molecule has 0 bridgehead atoms. The highest BCUT2D eigenvalue weighted by atomic mass is 127. The molecule has 0 aliphatic rings. The Hall–Kier alpha value is -2.66. The van der Waals surface area contributed by atoms with Crippen LogP contribution in [0, 0.1) is 3.57 Å². The summed E-state index contributed by atoms with van der Waals surface area (Å²) in [6.45, 7) is 0. The predicted octanol–water partition coefficient (Wildman–Crippen LogP) is 3.81. The number of benzene rings is 2. The number of ether oxygens (including phenoxy) is 1. The lowest BCUT2D eigenvalue weighted by molar-refractivity contribution is 0.417. The van der Waals surface area contributed by atoms with Crippen molar-refractivity contribution in [3.8, 4) is 17.0 Å². The third-order valence-corrected chi connectivity index (χ3v) is 6.20. The molecule has 2 heterocycles. The molecule has 28 heavy (non-hydrogen) atoms. The van der Waals surface area contributed by atoms with Gasteiger partial charge in [-0.1, -0.05) is 0 Å². The first-order chi connectivity index (χ1) is 13.5. The molecule has 0 amide bonds. The van der Waals surface area contributed by atoms with Crippen LogP contribution in [0.25, 0.3) is 17.0 Å². The van der Waals surface area contributed by atoms with Crippen molar-refractivity contribution in [1.82, 2.24) is 14.4 Å². The molecular formula is C19H15IN4O3S. The number of hydrogen-bond acceptors (Lipinski definition) is 5. The maximum absolute atomic E-state index is 12.8. The molecule has 0 fully saturated rings. The molecule has 0 aliphatic heterocycles. The van der Waals surface area contributed by atoms with Crippen molar-refractivity contribution in [3.63, 3.8) is 0 Å². The van der Waals surface area contributed by atoms with Crippen molar-refractivity contribution < 1.29 is 13.2 Å². The van der Waals surface area contributed by atoms with Crippen molar-refractivity contribution >= 4 is 44.1 Å². The van der Waals surface area contributed by atoms with E-state index in [9.17, 15) is 8.42 Å². The number of rotatable bonds is 5. The van der Waals surface area contributed by atoms with Gasteiger partial charge in [0.1, 0.15) is 5.75 Å². The van der Waals surface area contributed by atoms with Gasteiger partial charge in [0.15, 0.2) is 0 Å². The van der Waals surface area contributed by atoms with Crippen LogP contribution < -0.4 is 9.46 Å². The van der Waals surface area contributed by atoms with Gasteiger partial charge in [-0.2, -0.15) is 0 Å². The largest absolute Gasteiger partial charge is 0.495 e. The summed E-state index contributed by atoms with van der Waals surface area (Å²) < 4.78 is 36.2. The topological polar surface area (TPSA) is 85.6 Å². The van der Waals surface area contributed by atoms with E-state index in [1.165, 1.54) is 7.11 Å². The highest BCUT2D eigenvalue weighted by Gasteiger charge is 2.18. The van der Waals surface area contributed by atoms with Crippen molar-refractivity contribution in [2.24, 2.45) is 0 Å². The van der Waals surface area contributed by atoms with Crippen LogP contribution in [-0.4, -0.2) is 29.9 Å². The maximum Gasteiger partial charge on any atom is 0.262 e. The Kier molecular flexibility index (Phi) is 4.94. The molecule has 4 rings (SSSR count). The van der Waals surface area contributed by atoms with Gasteiger partial charge in [0, 0.05) is 27.7 Å². The van der Waals surface area contributed by atoms with Crippen molar-refractivity contribution in [2.45, 2.75) is 4.90 Å². The number of methoxy groups -OCH3 is 1. The van der Waals surface area contributed by atoms with Crippen molar-refractivity contribution in [3.05, 3.63) is 70.7 Å². The highest BCUT2D eigenvalue weighted by Crippen LogP contribution is 2.32. The number of halogens is 1. The molecule has 0 unspecified atom stereocenters. The molecule has 1 N–H and O–H groups in total. The van der Waals surface area contributed by atoms with Gasteiger partial charge in [-0.05, 0) is 71.1 Å². The van der Waals surface area contributed by atoms with Gasteiger partial charge in [0.25, 0.3) is 10.0 Å². The summed E-state index contributed by atoms with van der Waals surface area (Å²) in [5.74, 6) is 0.981. The van der Waals surface area contributed by atoms with Crippen molar-refractivity contribution in [1.29, 1.82) is 0 Å². The van der Waals surface area contributed by atoms with Crippen LogP contribution in [0.4, 0.5) is 5.69 Å². The molecule has 0 radical (unpaired) electrons. The third-order valence-electron chi connectivity index (χ3n) is 4.10. The number of imidazole rings is 1. The fraction of sp³-hybridized carbons (Fsp3) is 0.0526. The highest BCUT2D eigenvalue weighted by molar-refractivity contribution is 14.1. The number of hydrogen-bond donors (Lipinski definition) is 1. The molecule has 0 spiro atoms. The lowest BCUT2D eigenvalue weighted by Crippen LogP contribution is -2.13. The fourth-order valence-corrected chi connectivity index (χ4v) is 4.15. The Balaban J connectivity index is 1.73. The molecule has 2 aromatic carbocycles. The normalized spacial score (nSPS) is 11.5. The number of aromatic nitrogens is 3. The van der Waals surface area contributed by atoms with Crippen molar-refractivity contribution in [2.75, 3.05) is 11.8 Å². The SMILES string of the molecule is COc1ccc(-c2cn3cccnc3n2)cc1NS(=O)(=O)c1ccc(I)cc1. The lowest BCUT2D eigenvalue weighted by Gasteiger charge is -2.13. The monoisotopic (exact) mass is 506 g/mol. The van der Waals surface area contributed by atoms with Gasteiger partial charge in [-0.15, -0.1) is 0 Å². The van der Waals surface area contributed by atoms with Gasteiger partial charge in [0.2, 0.25) is 5.78 Å². The lowest BCUT2D eigenvalue weighted by atomic mass is 10.1. The molecule has 0 saturated carbocycles. The molecule has 4 aromatic rings. The first-order valence-electron chi connectivity index (χ1n) is 8.23. The molecule has 142 valence electrons. The second kappa shape index (κ2) is 7.40. The second-order valence-electron chi connectivity index (χ2n) is 5.93. The van der Waals surface area contributed by atoms with Crippen LogP contribution in [-0.2, 0) is 10.0 Å². The smallest absolute Gasteiger partial charge is 0.262 e. The van der Waals surface area contributed by atoms with Gasteiger partial charge in [0.05, 0.1) is 23.4 Å². The standard InChI is InChI=1S/C19H15IN4O3S/c1-27-18-8-3-13(17-12-24-10-2-9-21-19(24)22-17)11-16(18)23-28(25,26)15-6-4-14(20)5-7-15/h2-12,23H,1H3. The maximum atomic E-state index is 12.8. The molecule has 0 atom stereocenters. The zero-order valence-corrected chi connectivity index (χ0v) is 17.7.